The van der Waals surface area contributed by atoms with Crippen LogP contribution in [-0.2, 0) is 4.79 Å². The van der Waals surface area contributed by atoms with E-state index >= 15 is 0 Å². The molecule has 0 saturated heterocycles. The molecule has 0 radical (unpaired) electrons. The van der Waals surface area contributed by atoms with Crippen LogP contribution in [0.5, 0.6) is 0 Å². The molecule has 10 heavy (non-hydrogen) atoms. The fourth-order valence-corrected chi connectivity index (χ4v) is 0.285. The Bertz CT molecular complexity index is 95.7. The number of hydrogen-bond donors (Lipinski definition) is 2. The van der Waals surface area contributed by atoms with Crippen LogP contribution in [-0.4, -0.2) is 23.5 Å². The maximum Gasteiger partial charge on any atom is 0.320 e. The average molecular weight is 168 g/mol. The highest BCUT2D eigenvalue weighted by Gasteiger charge is 2.14. The summed E-state index contributed by atoms with van der Waals surface area (Å²) < 4.78 is 0. The van der Waals surface area contributed by atoms with Gasteiger partial charge in [-0.1, -0.05) is 13.8 Å². The Hall–Kier alpha value is -0.280. The SMILES string of the molecule is CC(C)[C@H](N)C(=O)O.CCl. The van der Waals surface area contributed by atoms with E-state index in [-0.39, 0.29) is 5.92 Å². The van der Waals surface area contributed by atoms with Crippen molar-refractivity contribution in [1.29, 1.82) is 0 Å². The van der Waals surface area contributed by atoms with E-state index in [0.717, 1.165) is 0 Å². The predicted molar refractivity (Wildman–Crippen MR) is 42.2 cm³/mol. The van der Waals surface area contributed by atoms with Crippen LogP contribution in [0.2, 0.25) is 0 Å². The van der Waals surface area contributed by atoms with E-state index in [9.17, 15) is 4.79 Å². The van der Waals surface area contributed by atoms with Crippen molar-refractivity contribution in [2.24, 2.45) is 11.7 Å². The summed E-state index contributed by atoms with van der Waals surface area (Å²) in [5, 5.41) is 8.23. The number of hydrogen-bond acceptors (Lipinski definition) is 2. The van der Waals surface area contributed by atoms with E-state index in [4.69, 9.17) is 10.8 Å². The van der Waals surface area contributed by atoms with E-state index in [2.05, 4.69) is 11.6 Å². The van der Waals surface area contributed by atoms with Gasteiger partial charge in [-0.2, -0.15) is 0 Å². The van der Waals surface area contributed by atoms with Crippen molar-refractivity contribution < 1.29 is 9.90 Å². The van der Waals surface area contributed by atoms with Gasteiger partial charge in [-0.25, -0.2) is 0 Å². The Morgan fingerprint density at radius 3 is 1.80 bits per heavy atom. The smallest absolute Gasteiger partial charge is 0.320 e. The first-order valence-electron chi connectivity index (χ1n) is 2.92. The zero-order chi connectivity index (χ0) is 8.73. The summed E-state index contributed by atoms with van der Waals surface area (Å²) in [5.74, 6) is -0.910. The Morgan fingerprint density at radius 2 is 1.80 bits per heavy atom. The Balaban J connectivity index is 0. The molecule has 62 valence electrons. The number of nitrogens with two attached hydrogens (primary N) is 1. The normalized spacial score (nSPS) is 11.8. The van der Waals surface area contributed by atoms with Crippen molar-refractivity contribution in [3.05, 3.63) is 0 Å². The number of carbonyl (C=O) groups is 1. The van der Waals surface area contributed by atoms with Crippen LogP contribution in [0.25, 0.3) is 0 Å². The molecule has 0 unspecified atom stereocenters. The van der Waals surface area contributed by atoms with Gasteiger partial charge in [-0.15, -0.1) is 11.6 Å². The van der Waals surface area contributed by atoms with Gasteiger partial charge in [0.25, 0.3) is 0 Å². The fourth-order valence-electron chi connectivity index (χ4n) is 0.285. The lowest BCUT2D eigenvalue weighted by atomic mass is 10.1. The van der Waals surface area contributed by atoms with E-state index in [0.29, 0.717) is 0 Å². The topological polar surface area (TPSA) is 63.3 Å². The third-order valence-corrected chi connectivity index (χ3v) is 1.00. The first-order valence-corrected chi connectivity index (χ1v) is 3.67. The largest absolute Gasteiger partial charge is 0.480 e. The van der Waals surface area contributed by atoms with E-state index < -0.39 is 12.0 Å². The summed E-state index contributed by atoms with van der Waals surface area (Å²) in [4.78, 5) is 10.0. The van der Waals surface area contributed by atoms with Crippen molar-refractivity contribution in [2.75, 3.05) is 6.38 Å². The van der Waals surface area contributed by atoms with Gasteiger partial charge in [-0.05, 0) is 5.92 Å². The third-order valence-electron chi connectivity index (χ3n) is 1.00. The van der Waals surface area contributed by atoms with Crippen molar-refractivity contribution in [3.8, 4) is 0 Å². The first-order chi connectivity index (χ1) is 4.55. The fraction of sp³-hybridized carbons (Fsp3) is 0.833. The van der Waals surface area contributed by atoms with Crippen molar-refractivity contribution in [1.82, 2.24) is 0 Å². The molecule has 1 atom stereocenters. The van der Waals surface area contributed by atoms with Gasteiger partial charge in [0.05, 0.1) is 0 Å². The third kappa shape index (κ3) is 5.85. The quantitative estimate of drug-likeness (QED) is 0.601. The maximum absolute atomic E-state index is 10.0. The minimum atomic E-state index is -0.931. The predicted octanol–water partition coefficient (Wildman–Crippen LogP) is 0.909. The zero-order valence-electron chi connectivity index (χ0n) is 6.47. The van der Waals surface area contributed by atoms with Crippen LogP contribution in [0.15, 0.2) is 0 Å². The molecule has 0 heterocycles. The number of aliphatic carboxylic acids is 1. The summed E-state index contributed by atoms with van der Waals surface area (Å²) in [6.07, 6.45) is 1.47. The molecule has 0 saturated carbocycles. The van der Waals surface area contributed by atoms with Gasteiger partial charge in [-0.3, -0.25) is 4.79 Å². The standard InChI is InChI=1S/C5H11NO2.CH3Cl/c1-3(2)4(6)5(7)8;1-2/h3-4H,6H2,1-2H3,(H,7,8);1H3/t4-;/m0./s1. The second kappa shape index (κ2) is 6.83. The number of alkyl halides is 1. The molecule has 0 aliphatic heterocycles. The lowest BCUT2D eigenvalue weighted by Crippen LogP contribution is -2.34. The summed E-state index contributed by atoms with van der Waals surface area (Å²) in [6, 6.07) is -0.713. The lowest BCUT2D eigenvalue weighted by molar-refractivity contribution is -0.139. The molecule has 0 aromatic rings. The van der Waals surface area contributed by atoms with E-state index in [1.807, 2.05) is 0 Å². The minimum absolute atomic E-state index is 0.0208. The number of rotatable bonds is 2. The molecule has 3 nitrogen and oxygen atoms in total. The van der Waals surface area contributed by atoms with E-state index in [1.165, 1.54) is 6.38 Å². The molecule has 0 bridgehead atoms. The average Bonchev–Trinajstić information content (AvgIpc) is 1.90. The summed E-state index contributed by atoms with van der Waals surface area (Å²) in [6.45, 7) is 3.55. The lowest BCUT2D eigenvalue weighted by Gasteiger charge is -2.07. The molecule has 0 aliphatic rings. The molecule has 0 spiro atoms. The molecule has 0 aliphatic carbocycles. The monoisotopic (exact) mass is 167 g/mol. The molecular formula is C6H14ClNO2. The Labute approximate surface area is 66.2 Å². The maximum atomic E-state index is 10.0. The van der Waals surface area contributed by atoms with Crippen molar-refractivity contribution in [2.45, 2.75) is 19.9 Å². The molecular weight excluding hydrogens is 154 g/mol. The van der Waals surface area contributed by atoms with Crippen molar-refractivity contribution in [3.63, 3.8) is 0 Å². The molecule has 0 amide bonds. The molecule has 0 aromatic carbocycles. The van der Waals surface area contributed by atoms with Crippen LogP contribution in [0.4, 0.5) is 0 Å². The molecule has 0 aromatic heterocycles. The highest BCUT2D eigenvalue weighted by Crippen LogP contribution is 1.96. The first kappa shape index (κ1) is 12.4. The second-order valence-corrected chi connectivity index (χ2v) is 2.11. The number of carboxylic acids is 1. The number of carboxylic acid groups (broad SMARTS) is 1. The highest BCUT2D eigenvalue weighted by atomic mass is 35.5. The molecule has 3 N–H and O–H groups in total. The molecule has 4 heteroatoms. The van der Waals surface area contributed by atoms with Gasteiger partial charge in [0.15, 0.2) is 0 Å². The van der Waals surface area contributed by atoms with Crippen LogP contribution >= 0.6 is 11.6 Å². The zero-order valence-corrected chi connectivity index (χ0v) is 7.22. The number of halogens is 1. The van der Waals surface area contributed by atoms with Crippen LogP contribution in [0, 0.1) is 5.92 Å². The Kier molecular flexibility index (Phi) is 8.48. The Morgan fingerprint density at radius 1 is 1.50 bits per heavy atom. The van der Waals surface area contributed by atoms with Gasteiger partial charge in [0.2, 0.25) is 0 Å². The highest BCUT2D eigenvalue weighted by molar-refractivity contribution is 6.15. The molecule has 0 fully saturated rings. The van der Waals surface area contributed by atoms with Crippen LogP contribution in [0.1, 0.15) is 13.8 Å². The van der Waals surface area contributed by atoms with Gasteiger partial charge in [0.1, 0.15) is 6.04 Å². The summed E-state index contributed by atoms with van der Waals surface area (Å²) in [7, 11) is 0. The van der Waals surface area contributed by atoms with Crippen LogP contribution in [0.3, 0.4) is 0 Å². The van der Waals surface area contributed by atoms with Gasteiger partial charge < -0.3 is 10.8 Å². The summed E-state index contributed by atoms with van der Waals surface area (Å²) in [5.41, 5.74) is 5.16. The van der Waals surface area contributed by atoms with Crippen LogP contribution < -0.4 is 5.73 Å². The van der Waals surface area contributed by atoms with Crippen molar-refractivity contribution >= 4 is 17.6 Å². The van der Waals surface area contributed by atoms with Gasteiger partial charge in [0, 0.05) is 6.38 Å². The molecule has 0 rings (SSSR count). The van der Waals surface area contributed by atoms with E-state index in [1.54, 1.807) is 13.8 Å². The summed E-state index contributed by atoms with van der Waals surface area (Å²) >= 11 is 4.64. The second-order valence-electron chi connectivity index (χ2n) is 2.11. The minimum Gasteiger partial charge on any atom is -0.480 e. The van der Waals surface area contributed by atoms with Gasteiger partial charge >= 0.3 is 5.97 Å².